The Hall–Kier alpha value is 0.0899. The van der Waals surface area contributed by atoms with E-state index in [1.807, 2.05) is 4.72 Å². The second-order valence-corrected chi connectivity index (χ2v) is 3.83. The molecule has 0 unspecified atom stereocenters. The molecule has 0 aliphatic carbocycles. The summed E-state index contributed by atoms with van der Waals surface area (Å²) in [5, 5.41) is 0. The maximum absolute atomic E-state index is 5.95. The summed E-state index contributed by atoms with van der Waals surface area (Å²) >= 11 is 0. The number of hydrogen-bond donors (Lipinski definition) is 0. The minimum Gasteiger partial charge on any atom is -0.389 e. The fraction of sp³-hybridized carbons (Fsp3) is 1.00. The molecule has 0 aromatic heterocycles. The van der Waals surface area contributed by atoms with Crippen LogP contribution in [0.25, 0.3) is 0 Å². The van der Waals surface area contributed by atoms with E-state index in [4.69, 9.17) is 7.98 Å². The average molecular weight is 151 g/mol. The molecule has 0 aromatic rings. The highest BCUT2D eigenvalue weighted by Gasteiger charge is 2.24. The Morgan fingerprint density at radius 1 is 1.36 bits per heavy atom. The maximum atomic E-state index is 5.95. The maximum Gasteiger partial charge on any atom is 0.207 e. The fourth-order valence-corrected chi connectivity index (χ4v) is 0.976. The molecule has 62 valence electrons. The van der Waals surface area contributed by atoms with Crippen LogP contribution in [0.15, 0.2) is 0 Å². The zero-order chi connectivity index (χ0) is 9.07. The van der Waals surface area contributed by atoms with Crippen molar-refractivity contribution in [2.75, 3.05) is 0 Å². The van der Waals surface area contributed by atoms with E-state index in [1.54, 1.807) is 0 Å². The van der Waals surface area contributed by atoms with Gasteiger partial charge in [-0.15, -0.1) is 0 Å². The van der Waals surface area contributed by atoms with Gasteiger partial charge in [-0.3, -0.25) is 0 Å². The van der Waals surface area contributed by atoms with Crippen LogP contribution in [0.5, 0.6) is 0 Å². The quantitative estimate of drug-likeness (QED) is 0.556. The van der Waals surface area contributed by atoms with E-state index in [-0.39, 0.29) is 5.54 Å². The number of nitrogens with zero attached hydrogens (tertiary/aromatic N) is 1. The van der Waals surface area contributed by atoms with Crippen LogP contribution in [0.1, 0.15) is 34.1 Å². The normalized spacial score (nSPS) is 12.2. The molecule has 0 heterocycles. The molecular formula is C8H19B2N. The van der Waals surface area contributed by atoms with Crippen LogP contribution < -0.4 is 0 Å². The molecule has 0 amide bonds. The van der Waals surface area contributed by atoms with Crippen molar-refractivity contribution in [1.82, 2.24) is 4.72 Å². The molecule has 3 heteroatoms. The van der Waals surface area contributed by atoms with Crippen LogP contribution in [0.4, 0.5) is 0 Å². The molecule has 0 saturated heterocycles. The van der Waals surface area contributed by atoms with E-state index in [2.05, 4.69) is 34.5 Å². The molecule has 0 spiro atoms. The third-order valence-corrected chi connectivity index (χ3v) is 2.63. The first kappa shape index (κ1) is 11.1. The van der Waals surface area contributed by atoms with Gasteiger partial charge in [0.15, 0.2) is 7.98 Å². The Morgan fingerprint density at radius 3 is 2.09 bits per heavy atom. The van der Waals surface area contributed by atoms with Crippen molar-refractivity contribution in [2.24, 2.45) is 0 Å². The van der Waals surface area contributed by atoms with E-state index in [1.165, 1.54) is 0 Å². The van der Waals surface area contributed by atoms with Crippen LogP contribution in [-0.4, -0.2) is 25.1 Å². The van der Waals surface area contributed by atoms with Crippen molar-refractivity contribution < 1.29 is 0 Å². The monoisotopic (exact) mass is 151 g/mol. The SMILES string of the molecule is [B]N(B(C)CC)C(C)(C)CC. The van der Waals surface area contributed by atoms with Gasteiger partial charge in [-0.05, 0) is 25.8 Å². The van der Waals surface area contributed by atoms with Crippen LogP contribution in [-0.2, 0) is 0 Å². The Labute approximate surface area is 73.1 Å². The van der Waals surface area contributed by atoms with Crippen molar-refractivity contribution in [3.8, 4) is 0 Å². The standard InChI is InChI=1S/C8H19B2N/c1-6-8(3,4)11(9)10(5)7-2/h6-7H2,1-5H3. The van der Waals surface area contributed by atoms with Gasteiger partial charge in [-0.2, -0.15) is 0 Å². The Kier molecular flexibility index (Phi) is 4.23. The van der Waals surface area contributed by atoms with Crippen molar-refractivity contribution in [3.05, 3.63) is 0 Å². The van der Waals surface area contributed by atoms with Gasteiger partial charge in [-0.1, -0.05) is 27.0 Å². The first-order valence-electron chi connectivity index (χ1n) is 4.49. The van der Waals surface area contributed by atoms with Crippen molar-refractivity contribution >= 4 is 14.8 Å². The molecule has 0 bridgehead atoms. The molecule has 0 aliphatic heterocycles. The minimum atomic E-state index is 0.134. The Balaban J connectivity index is 4.10. The first-order valence-corrected chi connectivity index (χ1v) is 4.49. The lowest BCUT2D eigenvalue weighted by atomic mass is 9.56. The highest BCUT2D eigenvalue weighted by molar-refractivity contribution is 6.59. The van der Waals surface area contributed by atoms with E-state index in [9.17, 15) is 0 Å². The van der Waals surface area contributed by atoms with E-state index in [0.717, 1.165) is 12.7 Å². The smallest absolute Gasteiger partial charge is 0.207 e. The lowest BCUT2D eigenvalue weighted by molar-refractivity contribution is 0.327. The molecule has 0 fully saturated rings. The predicted molar refractivity (Wildman–Crippen MR) is 54.1 cm³/mol. The molecule has 0 saturated carbocycles. The Morgan fingerprint density at radius 2 is 1.82 bits per heavy atom. The van der Waals surface area contributed by atoms with E-state index >= 15 is 0 Å². The summed E-state index contributed by atoms with van der Waals surface area (Å²) < 4.78 is 1.97. The summed E-state index contributed by atoms with van der Waals surface area (Å²) in [5.41, 5.74) is 0.134. The molecule has 0 rings (SSSR count). The summed E-state index contributed by atoms with van der Waals surface area (Å²) in [6, 6.07) is 0. The zero-order valence-corrected chi connectivity index (χ0v) is 8.52. The highest BCUT2D eigenvalue weighted by Crippen LogP contribution is 2.18. The average Bonchev–Trinajstić information content (AvgIpc) is 2.01. The zero-order valence-electron chi connectivity index (χ0n) is 8.52. The van der Waals surface area contributed by atoms with E-state index < -0.39 is 0 Å². The predicted octanol–water partition coefficient (Wildman–Crippen LogP) is 2.20. The first-order chi connectivity index (χ1) is 4.95. The topological polar surface area (TPSA) is 3.24 Å². The van der Waals surface area contributed by atoms with Gasteiger partial charge in [0.05, 0.1) is 0 Å². The van der Waals surface area contributed by atoms with Gasteiger partial charge < -0.3 is 4.72 Å². The Bertz CT molecular complexity index is 115. The number of hydrogen-bond acceptors (Lipinski definition) is 1. The van der Waals surface area contributed by atoms with Gasteiger partial charge in [0.1, 0.15) is 0 Å². The second kappa shape index (κ2) is 4.20. The second-order valence-electron chi connectivity index (χ2n) is 3.83. The molecule has 11 heavy (non-hydrogen) atoms. The lowest BCUT2D eigenvalue weighted by Crippen LogP contribution is -2.49. The van der Waals surface area contributed by atoms with Crippen LogP contribution >= 0.6 is 0 Å². The molecule has 2 radical (unpaired) electrons. The fourth-order valence-electron chi connectivity index (χ4n) is 0.976. The summed E-state index contributed by atoms with van der Waals surface area (Å²) in [7, 11) is 5.95. The molecule has 0 aliphatic rings. The third-order valence-electron chi connectivity index (χ3n) is 2.63. The molecule has 0 atom stereocenters. The van der Waals surface area contributed by atoms with Crippen LogP contribution in [0, 0.1) is 0 Å². The highest BCUT2D eigenvalue weighted by atomic mass is 15.0. The molecule has 1 nitrogen and oxygen atoms in total. The van der Waals surface area contributed by atoms with Crippen molar-refractivity contribution in [2.45, 2.75) is 52.8 Å². The largest absolute Gasteiger partial charge is 0.389 e. The molecule has 0 aromatic carbocycles. The van der Waals surface area contributed by atoms with Gasteiger partial charge in [0, 0.05) is 0 Å². The summed E-state index contributed by atoms with van der Waals surface area (Å²) in [6.45, 7) is 11.3. The van der Waals surface area contributed by atoms with Crippen molar-refractivity contribution in [3.63, 3.8) is 0 Å². The van der Waals surface area contributed by atoms with Crippen LogP contribution in [0.3, 0.4) is 0 Å². The van der Waals surface area contributed by atoms with E-state index in [0.29, 0.717) is 6.85 Å². The van der Waals surface area contributed by atoms with Gasteiger partial charge in [0.2, 0.25) is 6.85 Å². The lowest BCUT2D eigenvalue weighted by Gasteiger charge is -2.39. The molecular weight excluding hydrogens is 132 g/mol. The van der Waals surface area contributed by atoms with Gasteiger partial charge >= 0.3 is 0 Å². The minimum absolute atomic E-state index is 0.134. The summed E-state index contributed by atoms with van der Waals surface area (Å²) in [4.78, 5) is 0. The van der Waals surface area contributed by atoms with Crippen LogP contribution in [0.2, 0.25) is 13.1 Å². The van der Waals surface area contributed by atoms with Gasteiger partial charge in [-0.25, -0.2) is 0 Å². The van der Waals surface area contributed by atoms with Crippen molar-refractivity contribution in [1.29, 1.82) is 0 Å². The van der Waals surface area contributed by atoms with Gasteiger partial charge in [0.25, 0.3) is 0 Å². The number of rotatable bonds is 4. The summed E-state index contributed by atoms with van der Waals surface area (Å²) in [5.74, 6) is 0. The summed E-state index contributed by atoms with van der Waals surface area (Å²) in [6.07, 6.45) is 2.20. The third kappa shape index (κ3) is 2.90. The molecule has 0 N–H and O–H groups in total.